The predicted octanol–water partition coefficient (Wildman–Crippen LogP) is 2.21. The monoisotopic (exact) mass is 252 g/mol. The van der Waals surface area contributed by atoms with Gasteiger partial charge in [0, 0.05) is 25.1 Å². The highest BCUT2D eigenvalue weighted by atomic mass is 15.2. The number of anilines is 3. The molecule has 6 nitrogen and oxygen atoms in total. The average Bonchev–Trinajstić information content (AvgIpc) is 2.48. The fourth-order valence-corrected chi connectivity index (χ4v) is 1.72. The molecule has 0 aliphatic heterocycles. The van der Waals surface area contributed by atoms with E-state index in [2.05, 4.69) is 30.6 Å². The van der Waals surface area contributed by atoms with Gasteiger partial charge in [0.25, 0.3) is 0 Å². The van der Waals surface area contributed by atoms with Crippen molar-refractivity contribution in [2.75, 3.05) is 17.7 Å². The molecular weight excluding hydrogens is 240 g/mol. The third kappa shape index (κ3) is 2.28. The van der Waals surface area contributed by atoms with Gasteiger partial charge in [-0.05, 0) is 12.1 Å². The number of nitrogens with one attached hydrogen (secondary N) is 2. The van der Waals surface area contributed by atoms with Crippen molar-refractivity contribution in [1.82, 2.24) is 19.9 Å². The second-order valence-electron chi connectivity index (χ2n) is 3.87. The van der Waals surface area contributed by atoms with E-state index in [0.717, 1.165) is 5.69 Å². The third-order valence-corrected chi connectivity index (χ3v) is 2.59. The summed E-state index contributed by atoms with van der Waals surface area (Å²) in [6, 6.07) is 9.79. The van der Waals surface area contributed by atoms with Crippen LogP contribution in [0.1, 0.15) is 0 Å². The minimum absolute atomic E-state index is 0.506. The maximum Gasteiger partial charge on any atom is 0.226 e. The molecule has 2 aromatic heterocycles. The SMILES string of the molecule is CNc1nc(Nc2ccccc2)c2nccnc2n1. The zero-order chi connectivity index (χ0) is 13.1. The van der Waals surface area contributed by atoms with Crippen LogP contribution in [0.15, 0.2) is 42.7 Å². The zero-order valence-corrected chi connectivity index (χ0v) is 10.3. The molecule has 0 bridgehead atoms. The van der Waals surface area contributed by atoms with Gasteiger partial charge in [-0.3, -0.25) is 0 Å². The molecule has 0 saturated heterocycles. The summed E-state index contributed by atoms with van der Waals surface area (Å²) in [5, 5.41) is 6.14. The fourth-order valence-electron chi connectivity index (χ4n) is 1.72. The second-order valence-corrected chi connectivity index (χ2v) is 3.87. The Morgan fingerprint density at radius 3 is 2.53 bits per heavy atom. The number of fused-ring (bicyclic) bond motifs is 1. The molecule has 0 aliphatic carbocycles. The van der Waals surface area contributed by atoms with E-state index in [0.29, 0.717) is 22.9 Å². The molecule has 0 unspecified atom stereocenters. The lowest BCUT2D eigenvalue weighted by molar-refractivity contribution is 1.14. The van der Waals surface area contributed by atoms with Crippen LogP contribution in [0.3, 0.4) is 0 Å². The molecule has 2 heterocycles. The molecule has 1 aromatic carbocycles. The lowest BCUT2D eigenvalue weighted by Gasteiger charge is -2.09. The molecule has 6 heteroatoms. The van der Waals surface area contributed by atoms with E-state index in [1.807, 2.05) is 30.3 Å². The molecule has 3 aromatic rings. The molecule has 94 valence electrons. The summed E-state index contributed by atoms with van der Waals surface area (Å²) in [6.07, 6.45) is 3.24. The number of benzene rings is 1. The molecular formula is C13H12N6. The van der Waals surface area contributed by atoms with Crippen LogP contribution in [0.5, 0.6) is 0 Å². The van der Waals surface area contributed by atoms with Gasteiger partial charge in [-0.2, -0.15) is 9.97 Å². The van der Waals surface area contributed by atoms with Crippen molar-refractivity contribution in [2.45, 2.75) is 0 Å². The number of para-hydroxylation sites is 1. The van der Waals surface area contributed by atoms with Gasteiger partial charge >= 0.3 is 0 Å². The maximum absolute atomic E-state index is 4.38. The first-order valence-corrected chi connectivity index (χ1v) is 5.85. The largest absolute Gasteiger partial charge is 0.357 e. The van der Waals surface area contributed by atoms with Gasteiger partial charge < -0.3 is 10.6 Å². The summed E-state index contributed by atoms with van der Waals surface area (Å²) in [4.78, 5) is 17.1. The summed E-state index contributed by atoms with van der Waals surface area (Å²) in [7, 11) is 1.77. The highest BCUT2D eigenvalue weighted by molar-refractivity contribution is 5.85. The Balaban J connectivity index is 2.11. The minimum atomic E-state index is 0.506. The second kappa shape index (κ2) is 4.85. The summed E-state index contributed by atoms with van der Waals surface area (Å²) in [5.41, 5.74) is 2.14. The van der Waals surface area contributed by atoms with Gasteiger partial charge in [-0.25, -0.2) is 9.97 Å². The minimum Gasteiger partial charge on any atom is -0.357 e. The Hall–Kier alpha value is -2.76. The molecule has 2 N–H and O–H groups in total. The Labute approximate surface area is 110 Å². The van der Waals surface area contributed by atoms with Crippen LogP contribution in [0, 0.1) is 0 Å². The van der Waals surface area contributed by atoms with Crippen LogP contribution >= 0.6 is 0 Å². The van der Waals surface area contributed by atoms with Gasteiger partial charge in [0.1, 0.15) is 0 Å². The van der Waals surface area contributed by atoms with Crippen LogP contribution in [0.25, 0.3) is 11.2 Å². The number of hydrogen-bond donors (Lipinski definition) is 2. The van der Waals surface area contributed by atoms with Crippen molar-refractivity contribution < 1.29 is 0 Å². The Morgan fingerprint density at radius 2 is 1.74 bits per heavy atom. The predicted molar refractivity (Wildman–Crippen MR) is 74.4 cm³/mol. The molecule has 0 radical (unpaired) electrons. The van der Waals surface area contributed by atoms with Crippen molar-refractivity contribution >= 4 is 28.6 Å². The van der Waals surface area contributed by atoms with Gasteiger partial charge in [0.2, 0.25) is 5.95 Å². The van der Waals surface area contributed by atoms with E-state index in [1.54, 1.807) is 19.4 Å². The van der Waals surface area contributed by atoms with E-state index < -0.39 is 0 Å². The van der Waals surface area contributed by atoms with Gasteiger partial charge in [-0.15, -0.1) is 0 Å². The molecule has 0 saturated carbocycles. The highest BCUT2D eigenvalue weighted by Gasteiger charge is 2.09. The molecule has 0 spiro atoms. The first-order chi connectivity index (χ1) is 9.36. The van der Waals surface area contributed by atoms with E-state index in [-0.39, 0.29) is 0 Å². The highest BCUT2D eigenvalue weighted by Crippen LogP contribution is 2.21. The molecule has 19 heavy (non-hydrogen) atoms. The fraction of sp³-hybridized carbons (Fsp3) is 0.0769. The Bertz CT molecular complexity index is 698. The van der Waals surface area contributed by atoms with Gasteiger partial charge in [0.05, 0.1) is 0 Å². The standard InChI is InChI=1S/C13H12N6/c1-14-13-18-11-10(15-7-8-16-11)12(19-13)17-9-5-3-2-4-6-9/h2-8H,1H3,(H2,14,16,17,18,19). The summed E-state index contributed by atoms with van der Waals surface area (Å²) < 4.78 is 0. The zero-order valence-electron chi connectivity index (χ0n) is 10.3. The summed E-state index contributed by atoms with van der Waals surface area (Å²) in [6.45, 7) is 0. The lowest BCUT2D eigenvalue weighted by Crippen LogP contribution is -2.03. The molecule has 0 amide bonds. The van der Waals surface area contributed by atoms with Crippen LogP contribution < -0.4 is 10.6 Å². The normalized spacial score (nSPS) is 10.4. The van der Waals surface area contributed by atoms with Crippen molar-refractivity contribution in [2.24, 2.45) is 0 Å². The molecule has 0 atom stereocenters. The number of rotatable bonds is 3. The summed E-state index contributed by atoms with van der Waals surface area (Å²) in [5.74, 6) is 1.14. The van der Waals surface area contributed by atoms with Crippen molar-refractivity contribution in [3.05, 3.63) is 42.7 Å². The maximum atomic E-state index is 4.38. The van der Waals surface area contributed by atoms with Gasteiger partial charge in [0.15, 0.2) is 17.0 Å². The molecule has 3 rings (SSSR count). The smallest absolute Gasteiger partial charge is 0.226 e. The Morgan fingerprint density at radius 1 is 0.947 bits per heavy atom. The van der Waals surface area contributed by atoms with Crippen molar-refractivity contribution in [3.8, 4) is 0 Å². The van der Waals surface area contributed by atoms with E-state index in [1.165, 1.54) is 0 Å². The molecule has 0 fully saturated rings. The van der Waals surface area contributed by atoms with Crippen molar-refractivity contribution in [1.29, 1.82) is 0 Å². The van der Waals surface area contributed by atoms with Crippen LogP contribution in [-0.2, 0) is 0 Å². The number of nitrogens with zero attached hydrogens (tertiary/aromatic N) is 4. The quantitative estimate of drug-likeness (QED) is 0.744. The first kappa shape index (κ1) is 11.3. The number of aromatic nitrogens is 4. The van der Waals surface area contributed by atoms with Crippen molar-refractivity contribution in [3.63, 3.8) is 0 Å². The topological polar surface area (TPSA) is 75.6 Å². The Kier molecular flexibility index (Phi) is 2.89. The van der Waals surface area contributed by atoms with E-state index in [4.69, 9.17) is 0 Å². The molecule has 0 aliphatic rings. The average molecular weight is 252 g/mol. The first-order valence-electron chi connectivity index (χ1n) is 5.85. The third-order valence-electron chi connectivity index (χ3n) is 2.59. The van der Waals surface area contributed by atoms with Crippen LogP contribution in [0.4, 0.5) is 17.5 Å². The van der Waals surface area contributed by atoms with Gasteiger partial charge in [-0.1, -0.05) is 18.2 Å². The number of hydrogen-bond acceptors (Lipinski definition) is 6. The van der Waals surface area contributed by atoms with E-state index >= 15 is 0 Å². The lowest BCUT2D eigenvalue weighted by atomic mass is 10.3. The van der Waals surface area contributed by atoms with Crippen LogP contribution in [-0.4, -0.2) is 27.0 Å². The summed E-state index contributed by atoms with van der Waals surface area (Å²) >= 11 is 0. The van der Waals surface area contributed by atoms with Crippen LogP contribution in [0.2, 0.25) is 0 Å². The van der Waals surface area contributed by atoms with E-state index in [9.17, 15) is 0 Å².